The first kappa shape index (κ1) is 28.9. The summed E-state index contributed by atoms with van der Waals surface area (Å²) in [7, 11) is 0. The minimum atomic E-state index is -0.734. The van der Waals surface area contributed by atoms with Crippen molar-refractivity contribution in [3.8, 4) is 0 Å². The van der Waals surface area contributed by atoms with Crippen molar-refractivity contribution in [2.75, 3.05) is 19.6 Å². The Kier molecular flexibility index (Phi) is 14.6. The fourth-order valence-corrected chi connectivity index (χ4v) is 2.13. The van der Waals surface area contributed by atoms with Gasteiger partial charge < -0.3 is 26.0 Å². The Labute approximate surface area is 175 Å². The van der Waals surface area contributed by atoms with E-state index in [4.69, 9.17) is 10.5 Å². The molecular formula is C20H40N4O5. The molecule has 0 aliphatic carbocycles. The lowest BCUT2D eigenvalue weighted by Gasteiger charge is -2.30. The second-order valence-electron chi connectivity index (χ2n) is 8.26. The maximum atomic E-state index is 12.4. The zero-order chi connectivity index (χ0) is 23.2. The molecule has 0 spiro atoms. The number of hydrogen-bond acceptors (Lipinski definition) is 5. The van der Waals surface area contributed by atoms with Crippen LogP contribution in [0.1, 0.15) is 68.2 Å². The van der Waals surface area contributed by atoms with Crippen LogP contribution < -0.4 is 16.4 Å². The summed E-state index contributed by atoms with van der Waals surface area (Å²) in [6, 6.07) is -0.734. The Balaban J connectivity index is 0. The van der Waals surface area contributed by atoms with Gasteiger partial charge in [-0.15, -0.1) is 0 Å². The largest absolute Gasteiger partial charge is 0.444 e. The van der Waals surface area contributed by atoms with Crippen LogP contribution in [0, 0.1) is 5.92 Å². The Hall–Kier alpha value is -2.32. The minimum absolute atomic E-state index is 0.281. The Morgan fingerprint density at radius 1 is 1.00 bits per heavy atom. The molecule has 0 aromatic heterocycles. The molecule has 4 amide bonds. The van der Waals surface area contributed by atoms with Crippen LogP contribution in [0.5, 0.6) is 0 Å². The zero-order valence-corrected chi connectivity index (χ0v) is 19.3. The van der Waals surface area contributed by atoms with Gasteiger partial charge >= 0.3 is 6.09 Å². The Bertz CT molecular complexity index is 527. The van der Waals surface area contributed by atoms with Gasteiger partial charge in [-0.05, 0) is 40.0 Å². The van der Waals surface area contributed by atoms with Crippen LogP contribution >= 0.6 is 0 Å². The molecule has 0 saturated carbocycles. The summed E-state index contributed by atoms with van der Waals surface area (Å²) < 4.78 is 5.07. The van der Waals surface area contributed by atoms with Gasteiger partial charge in [0.25, 0.3) is 0 Å². The number of hydrogen-bond donors (Lipinski definition) is 3. The molecule has 0 aliphatic rings. The summed E-state index contributed by atoms with van der Waals surface area (Å²) in [6.45, 7) is 15.0. The number of rotatable bonds is 9. The van der Waals surface area contributed by atoms with Crippen molar-refractivity contribution in [1.82, 2.24) is 15.5 Å². The van der Waals surface area contributed by atoms with Crippen molar-refractivity contribution in [3.63, 3.8) is 0 Å². The summed E-state index contributed by atoms with van der Waals surface area (Å²) in [4.78, 5) is 48.4. The van der Waals surface area contributed by atoms with E-state index in [1.54, 1.807) is 27.7 Å². The third-order valence-electron chi connectivity index (χ3n) is 3.12. The molecule has 0 fully saturated rings. The van der Waals surface area contributed by atoms with Gasteiger partial charge in [-0.25, -0.2) is 4.79 Å². The first-order chi connectivity index (χ1) is 13.2. The smallest absolute Gasteiger partial charge is 0.408 e. The molecule has 9 heteroatoms. The molecule has 0 aliphatic heterocycles. The second-order valence-corrected chi connectivity index (χ2v) is 8.26. The lowest BCUT2D eigenvalue weighted by Crippen LogP contribution is -2.53. The number of carbonyl (C=O) groups excluding carboxylic acids is 4. The van der Waals surface area contributed by atoms with Crippen LogP contribution in [0.3, 0.4) is 0 Å². The van der Waals surface area contributed by atoms with Crippen molar-refractivity contribution in [2.24, 2.45) is 11.7 Å². The highest BCUT2D eigenvalue weighted by Crippen LogP contribution is 2.09. The molecule has 0 rings (SSSR count). The maximum absolute atomic E-state index is 12.4. The van der Waals surface area contributed by atoms with Gasteiger partial charge in [-0.3, -0.25) is 14.4 Å². The monoisotopic (exact) mass is 416 g/mol. The maximum Gasteiger partial charge on any atom is 0.408 e. The fourth-order valence-electron chi connectivity index (χ4n) is 2.13. The third kappa shape index (κ3) is 16.3. The molecule has 0 heterocycles. The van der Waals surface area contributed by atoms with Crippen molar-refractivity contribution in [1.29, 1.82) is 0 Å². The molecule has 0 aromatic rings. The predicted octanol–water partition coefficient (Wildman–Crippen LogP) is 1.79. The molecule has 0 bridgehead atoms. The SMILES string of the molecule is CC(C)C.CCC[C@@H](C(=O)NCC(N)=O)N(CC)C(=O)CNC(=O)OC(C)(C)C. The van der Waals surface area contributed by atoms with E-state index in [1.165, 1.54) is 4.90 Å². The standard InChI is InChI=1S/C16H30N4O5.C4H10/c1-6-8-11(14(23)18-9-12(17)21)20(7-2)13(22)10-19-15(24)25-16(3,4)5;1-4(2)3/h11H,6-10H2,1-5H3,(H2,17,21)(H,18,23)(H,19,24);4H,1-3H3/t11-;/m0./s1. The number of primary amides is 1. The topological polar surface area (TPSA) is 131 Å². The van der Waals surface area contributed by atoms with Crippen LogP contribution in [0.25, 0.3) is 0 Å². The van der Waals surface area contributed by atoms with Crippen LogP contribution in [0.4, 0.5) is 4.79 Å². The predicted molar refractivity (Wildman–Crippen MR) is 113 cm³/mol. The molecule has 0 unspecified atom stereocenters. The van der Waals surface area contributed by atoms with Crippen molar-refractivity contribution in [3.05, 3.63) is 0 Å². The summed E-state index contributed by atoms with van der Waals surface area (Å²) in [5.74, 6) is -0.696. The number of carbonyl (C=O) groups is 4. The number of ether oxygens (including phenoxy) is 1. The average Bonchev–Trinajstić information content (AvgIpc) is 2.55. The van der Waals surface area contributed by atoms with E-state index >= 15 is 0 Å². The molecule has 1 atom stereocenters. The highest BCUT2D eigenvalue weighted by Gasteiger charge is 2.28. The molecule has 170 valence electrons. The lowest BCUT2D eigenvalue weighted by molar-refractivity contribution is -0.140. The Morgan fingerprint density at radius 3 is 1.90 bits per heavy atom. The van der Waals surface area contributed by atoms with Crippen LogP contribution in [-0.4, -0.2) is 60.0 Å². The van der Waals surface area contributed by atoms with E-state index in [1.807, 2.05) is 6.92 Å². The van der Waals surface area contributed by atoms with Crippen LogP contribution in [0.15, 0.2) is 0 Å². The van der Waals surface area contributed by atoms with E-state index in [9.17, 15) is 19.2 Å². The first-order valence-electron chi connectivity index (χ1n) is 10.1. The van der Waals surface area contributed by atoms with Gasteiger partial charge in [0.05, 0.1) is 6.54 Å². The molecule has 0 aromatic carbocycles. The molecule has 0 radical (unpaired) electrons. The van der Waals surface area contributed by atoms with E-state index in [2.05, 4.69) is 31.4 Å². The van der Waals surface area contributed by atoms with Gasteiger partial charge in [-0.1, -0.05) is 34.1 Å². The molecule has 29 heavy (non-hydrogen) atoms. The number of nitrogens with one attached hydrogen (secondary N) is 2. The number of amides is 4. The molecule has 4 N–H and O–H groups in total. The number of likely N-dealkylation sites (N-methyl/N-ethyl adjacent to an activating group) is 1. The normalized spacial score (nSPS) is 11.6. The summed E-state index contributed by atoms with van der Waals surface area (Å²) in [5, 5.41) is 4.79. The Morgan fingerprint density at radius 2 is 1.52 bits per heavy atom. The van der Waals surface area contributed by atoms with E-state index in [0.29, 0.717) is 12.8 Å². The average molecular weight is 417 g/mol. The minimum Gasteiger partial charge on any atom is -0.444 e. The quantitative estimate of drug-likeness (QED) is 0.527. The molecule has 9 nitrogen and oxygen atoms in total. The van der Waals surface area contributed by atoms with E-state index < -0.39 is 35.5 Å². The third-order valence-corrected chi connectivity index (χ3v) is 3.12. The fraction of sp³-hybridized carbons (Fsp3) is 0.800. The van der Waals surface area contributed by atoms with Gasteiger partial charge in [0.15, 0.2) is 0 Å². The van der Waals surface area contributed by atoms with E-state index in [-0.39, 0.29) is 19.6 Å². The van der Waals surface area contributed by atoms with Crippen molar-refractivity contribution < 1.29 is 23.9 Å². The van der Waals surface area contributed by atoms with Gasteiger partial charge in [0.1, 0.15) is 18.2 Å². The van der Waals surface area contributed by atoms with E-state index in [0.717, 1.165) is 5.92 Å². The van der Waals surface area contributed by atoms with Gasteiger partial charge in [0, 0.05) is 6.54 Å². The first-order valence-corrected chi connectivity index (χ1v) is 10.1. The highest BCUT2D eigenvalue weighted by atomic mass is 16.6. The number of nitrogens with two attached hydrogens (primary N) is 1. The molecule has 0 saturated heterocycles. The zero-order valence-electron chi connectivity index (χ0n) is 19.3. The van der Waals surface area contributed by atoms with Gasteiger partial charge in [-0.2, -0.15) is 0 Å². The van der Waals surface area contributed by atoms with Crippen molar-refractivity contribution in [2.45, 2.75) is 79.9 Å². The lowest BCUT2D eigenvalue weighted by atomic mass is 10.1. The number of nitrogens with zero attached hydrogens (tertiary/aromatic N) is 1. The van der Waals surface area contributed by atoms with Crippen LogP contribution in [-0.2, 0) is 19.1 Å². The van der Waals surface area contributed by atoms with Crippen LogP contribution in [0.2, 0.25) is 0 Å². The van der Waals surface area contributed by atoms with Crippen molar-refractivity contribution >= 4 is 23.8 Å². The number of alkyl carbamates (subject to hydrolysis) is 1. The second kappa shape index (κ2) is 14.6. The summed E-state index contributed by atoms with van der Waals surface area (Å²) in [6.07, 6.45) is 0.385. The summed E-state index contributed by atoms with van der Waals surface area (Å²) >= 11 is 0. The summed E-state index contributed by atoms with van der Waals surface area (Å²) in [5.41, 5.74) is 4.35. The van der Waals surface area contributed by atoms with Gasteiger partial charge in [0.2, 0.25) is 17.7 Å². The highest BCUT2D eigenvalue weighted by molar-refractivity contribution is 5.91. The molecular weight excluding hydrogens is 376 g/mol.